The molecular formula is C21H28N2O4S. The van der Waals surface area contributed by atoms with Crippen molar-refractivity contribution in [3.63, 3.8) is 0 Å². The smallest absolute Gasteiger partial charge is 0.246 e. The van der Waals surface area contributed by atoms with Crippen LogP contribution in [-0.2, 0) is 10.0 Å². The Bertz CT molecular complexity index is 893. The van der Waals surface area contributed by atoms with Crippen LogP contribution in [0.4, 0.5) is 0 Å². The largest absolute Gasteiger partial charge is 0.367 e. The standard InChI is InChI=1S/C21H28N2O4S/c1-3-13-23(14-4-2)18-19(24)16-11-7-8-12-17(16)20(25)21(18)28(26,27)22-15-9-5-6-10-15/h7-8,11-12,15,22H,3-6,9-10,13-14H2,1-2H3. The van der Waals surface area contributed by atoms with Crippen LogP contribution < -0.4 is 4.72 Å². The summed E-state index contributed by atoms with van der Waals surface area (Å²) in [6.07, 6.45) is 4.94. The fourth-order valence-corrected chi connectivity index (χ4v) is 5.70. The average Bonchev–Trinajstić information content (AvgIpc) is 3.16. The Morgan fingerprint density at radius 1 is 0.964 bits per heavy atom. The topological polar surface area (TPSA) is 83.6 Å². The molecule has 1 saturated carbocycles. The number of Topliss-reactive ketones (excluding diaryl/α,β-unsaturated/α-hetero) is 2. The molecule has 0 saturated heterocycles. The molecule has 0 spiro atoms. The number of fused-ring (bicyclic) bond motifs is 1. The van der Waals surface area contributed by atoms with Crippen LogP contribution in [0.5, 0.6) is 0 Å². The van der Waals surface area contributed by atoms with E-state index in [1.807, 2.05) is 13.8 Å². The Labute approximate surface area is 167 Å². The molecule has 7 heteroatoms. The van der Waals surface area contributed by atoms with E-state index in [1.54, 1.807) is 23.1 Å². The molecule has 1 fully saturated rings. The molecule has 0 aliphatic heterocycles. The van der Waals surface area contributed by atoms with E-state index in [0.29, 0.717) is 13.1 Å². The fraction of sp³-hybridized carbons (Fsp3) is 0.524. The van der Waals surface area contributed by atoms with Crippen molar-refractivity contribution in [3.05, 3.63) is 46.0 Å². The third-order valence-corrected chi connectivity index (χ3v) is 6.86. The second kappa shape index (κ2) is 8.57. The number of nitrogens with one attached hydrogen (secondary N) is 1. The predicted octanol–water partition coefficient (Wildman–Crippen LogP) is 3.26. The van der Waals surface area contributed by atoms with Crippen molar-refractivity contribution in [1.29, 1.82) is 0 Å². The Morgan fingerprint density at radius 3 is 2.04 bits per heavy atom. The maximum absolute atomic E-state index is 13.3. The van der Waals surface area contributed by atoms with Crippen LogP contribution in [0.2, 0.25) is 0 Å². The van der Waals surface area contributed by atoms with Crippen molar-refractivity contribution < 1.29 is 18.0 Å². The van der Waals surface area contributed by atoms with E-state index in [-0.39, 0.29) is 33.6 Å². The summed E-state index contributed by atoms with van der Waals surface area (Å²) in [6, 6.07) is 6.30. The third kappa shape index (κ3) is 3.91. The van der Waals surface area contributed by atoms with Crippen molar-refractivity contribution in [1.82, 2.24) is 9.62 Å². The number of ketones is 2. The van der Waals surface area contributed by atoms with Crippen LogP contribution in [0.3, 0.4) is 0 Å². The third-order valence-electron chi connectivity index (χ3n) is 5.30. The van der Waals surface area contributed by atoms with Gasteiger partial charge in [-0.25, -0.2) is 13.1 Å². The first-order valence-electron chi connectivity index (χ1n) is 10.1. The van der Waals surface area contributed by atoms with Crippen molar-refractivity contribution in [2.45, 2.75) is 58.4 Å². The highest BCUT2D eigenvalue weighted by Crippen LogP contribution is 2.32. The van der Waals surface area contributed by atoms with E-state index in [2.05, 4.69) is 4.72 Å². The first kappa shape index (κ1) is 20.7. The summed E-state index contributed by atoms with van der Waals surface area (Å²) in [5.74, 6) is -0.975. The van der Waals surface area contributed by atoms with Gasteiger partial charge >= 0.3 is 0 Å². The molecule has 28 heavy (non-hydrogen) atoms. The zero-order chi connectivity index (χ0) is 20.3. The number of carbonyl (C=O) groups excluding carboxylic acids is 2. The minimum atomic E-state index is -4.10. The molecule has 1 aromatic carbocycles. The van der Waals surface area contributed by atoms with Gasteiger partial charge in [0.05, 0.1) is 0 Å². The van der Waals surface area contributed by atoms with E-state index in [9.17, 15) is 18.0 Å². The molecular weight excluding hydrogens is 376 g/mol. The lowest BCUT2D eigenvalue weighted by atomic mass is 9.91. The van der Waals surface area contributed by atoms with E-state index < -0.39 is 15.8 Å². The number of hydrogen-bond acceptors (Lipinski definition) is 5. The molecule has 0 atom stereocenters. The number of hydrogen-bond donors (Lipinski definition) is 1. The summed E-state index contributed by atoms with van der Waals surface area (Å²) in [5.41, 5.74) is 0.466. The Kier molecular flexibility index (Phi) is 6.35. The quantitative estimate of drug-likeness (QED) is 0.719. The minimum Gasteiger partial charge on any atom is -0.367 e. The first-order valence-corrected chi connectivity index (χ1v) is 11.6. The molecule has 0 aromatic heterocycles. The molecule has 2 aliphatic rings. The second-order valence-electron chi connectivity index (χ2n) is 7.47. The second-order valence-corrected chi connectivity index (χ2v) is 9.12. The van der Waals surface area contributed by atoms with Gasteiger partial charge in [0.1, 0.15) is 5.70 Å². The maximum atomic E-state index is 13.3. The van der Waals surface area contributed by atoms with E-state index in [4.69, 9.17) is 0 Å². The highest BCUT2D eigenvalue weighted by molar-refractivity contribution is 7.94. The Morgan fingerprint density at radius 2 is 1.50 bits per heavy atom. The molecule has 1 aromatic rings. The van der Waals surface area contributed by atoms with Gasteiger partial charge in [0.15, 0.2) is 4.91 Å². The number of rotatable bonds is 8. The molecule has 0 radical (unpaired) electrons. The molecule has 0 bridgehead atoms. The van der Waals surface area contributed by atoms with E-state index in [1.165, 1.54) is 6.07 Å². The Balaban J connectivity index is 2.16. The van der Waals surface area contributed by atoms with Gasteiger partial charge in [-0.15, -0.1) is 0 Å². The van der Waals surface area contributed by atoms with Gasteiger partial charge in [-0.3, -0.25) is 9.59 Å². The van der Waals surface area contributed by atoms with Crippen LogP contribution in [0.25, 0.3) is 0 Å². The molecule has 0 unspecified atom stereocenters. The lowest BCUT2D eigenvalue weighted by molar-refractivity contribution is 0.0946. The molecule has 0 heterocycles. The monoisotopic (exact) mass is 404 g/mol. The number of allylic oxidation sites excluding steroid dienone is 2. The maximum Gasteiger partial charge on any atom is 0.246 e. The van der Waals surface area contributed by atoms with E-state index in [0.717, 1.165) is 38.5 Å². The predicted molar refractivity (Wildman–Crippen MR) is 109 cm³/mol. The van der Waals surface area contributed by atoms with Crippen molar-refractivity contribution in [2.24, 2.45) is 0 Å². The number of sulfonamides is 1. The summed E-state index contributed by atoms with van der Waals surface area (Å²) >= 11 is 0. The normalized spacial score (nSPS) is 17.9. The number of nitrogens with zero attached hydrogens (tertiary/aromatic N) is 1. The van der Waals surface area contributed by atoms with Gasteiger partial charge in [0, 0.05) is 30.3 Å². The van der Waals surface area contributed by atoms with Crippen LogP contribution >= 0.6 is 0 Å². The Hall–Kier alpha value is -1.99. The minimum absolute atomic E-state index is 0.0258. The molecule has 152 valence electrons. The van der Waals surface area contributed by atoms with Gasteiger partial charge in [-0.2, -0.15) is 0 Å². The summed E-state index contributed by atoms with van der Waals surface area (Å²) in [4.78, 5) is 27.9. The average molecular weight is 405 g/mol. The van der Waals surface area contributed by atoms with Crippen LogP contribution in [0.1, 0.15) is 73.1 Å². The summed E-state index contributed by atoms with van der Waals surface area (Å²) in [6.45, 7) is 4.98. The molecule has 3 rings (SSSR count). The number of benzene rings is 1. The van der Waals surface area contributed by atoms with Crippen LogP contribution in [-0.4, -0.2) is 44.0 Å². The van der Waals surface area contributed by atoms with Crippen molar-refractivity contribution >= 4 is 21.6 Å². The zero-order valence-corrected chi connectivity index (χ0v) is 17.3. The molecule has 1 N–H and O–H groups in total. The zero-order valence-electron chi connectivity index (χ0n) is 16.5. The summed E-state index contributed by atoms with van der Waals surface area (Å²) in [5, 5.41) is 0. The van der Waals surface area contributed by atoms with Crippen LogP contribution in [0, 0.1) is 0 Å². The highest BCUT2D eigenvalue weighted by atomic mass is 32.2. The van der Waals surface area contributed by atoms with Gasteiger partial charge < -0.3 is 4.90 Å². The van der Waals surface area contributed by atoms with Gasteiger partial charge in [0.25, 0.3) is 0 Å². The summed E-state index contributed by atoms with van der Waals surface area (Å²) < 4.78 is 29.2. The molecule has 6 nitrogen and oxygen atoms in total. The van der Waals surface area contributed by atoms with Gasteiger partial charge in [-0.05, 0) is 25.7 Å². The number of carbonyl (C=O) groups is 2. The first-order chi connectivity index (χ1) is 13.4. The van der Waals surface area contributed by atoms with Crippen molar-refractivity contribution in [2.75, 3.05) is 13.1 Å². The van der Waals surface area contributed by atoms with Gasteiger partial charge in [-0.1, -0.05) is 51.0 Å². The van der Waals surface area contributed by atoms with Crippen LogP contribution in [0.15, 0.2) is 34.9 Å². The lowest BCUT2D eigenvalue weighted by Gasteiger charge is -2.31. The fourth-order valence-electron chi connectivity index (χ4n) is 4.07. The SMILES string of the molecule is CCCN(CCC)C1=C(S(=O)(=O)NC2CCCC2)C(=O)c2ccccc2C1=O. The summed E-state index contributed by atoms with van der Waals surface area (Å²) in [7, 11) is -4.10. The van der Waals surface area contributed by atoms with E-state index >= 15 is 0 Å². The van der Waals surface area contributed by atoms with Crippen molar-refractivity contribution in [3.8, 4) is 0 Å². The molecule has 2 aliphatic carbocycles. The highest BCUT2D eigenvalue weighted by Gasteiger charge is 2.41. The van der Waals surface area contributed by atoms with Gasteiger partial charge in [0.2, 0.25) is 21.6 Å². The molecule has 0 amide bonds. The lowest BCUT2D eigenvalue weighted by Crippen LogP contribution is -2.42.